The van der Waals surface area contributed by atoms with Crippen LogP contribution >= 0.6 is 11.3 Å². The van der Waals surface area contributed by atoms with Crippen molar-refractivity contribution < 1.29 is 0 Å². The normalized spacial score (nSPS) is 12.8. The first-order chi connectivity index (χ1) is 8.33. The van der Waals surface area contributed by atoms with Crippen LogP contribution in [0.4, 0.5) is 5.69 Å². The van der Waals surface area contributed by atoms with Gasteiger partial charge in [0.15, 0.2) is 0 Å². The van der Waals surface area contributed by atoms with Crippen LogP contribution in [-0.4, -0.2) is 9.97 Å². The van der Waals surface area contributed by atoms with Crippen LogP contribution in [0.25, 0.3) is 10.9 Å². The van der Waals surface area contributed by atoms with Crippen LogP contribution in [-0.2, 0) is 0 Å². The number of H-pyrrole nitrogens is 1. The Morgan fingerprint density at radius 3 is 3.12 bits per heavy atom. The standard InChI is InChI=1S/C13H13N3S/c1-9(13-7-14-8-17-13)16-11-2-3-12-10(6-11)4-5-15-12/h2-9,15-16H,1H3. The Hall–Kier alpha value is -1.81. The van der Waals surface area contributed by atoms with Gasteiger partial charge in [-0.3, -0.25) is 4.98 Å². The Morgan fingerprint density at radius 1 is 1.35 bits per heavy atom. The topological polar surface area (TPSA) is 40.7 Å². The quantitative estimate of drug-likeness (QED) is 0.734. The van der Waals surface area contributed by atoms with Crippen molar-refractivity contribution in [2.45, 2.75) is 13.0 Å². The third-order valence-electron chi connectivity index (χ3n) is 2.81. The molecular weight excluding hydrogens is 230 g/mol. The Kier molecular flexibility index (Phi) is 2.57. The van der Waals surface area contributed by atoms with E-state index in [-0.39, 0.29) is 0 Å². The highest BCUT2D eigenvalue weighted by atomic mass is 32.1. The number of rotatable bonds is 3. The fourth-order valence-electron chi connectivity index (χ4n) is 1.90. The van der Waals surface area contributed by atoms with E-state index in [2.05, 4.69) is 46.5 Å². The van der Waals surface area contributed by atoms with Gasteiger partial charge in [0.25, 0.3) is 0 Å². The summed E-state index contributed by atoms with van der Waals surface area (Å²) in [5, 5.41) is 4.71. The maximum absolute atomic E-state index is 4.10. The van der Waals surface area contributed by atoms with Crippen molar-refractivity contribution in [3.05, 3.63) is 47.0 Å². The molecule has 2 N–H and O–H groups in total. The molecule has 0 saturated heterocycles. The molecule has 0 saturated carbocycles. The highest BCUT2D eigenvalue weighted by molar-refractivity contribution is 7.09. The Bertz CT molecular complexity index is 612. The predicted molar refractivity (Wildman–Crippen MR) is 72.5 cm³/mol. The average Bonchev–Trinajstić information content (AvgIpc) is 2.99. The SMILES string of the molecule is CC(Nc1ccc2[nH]ccc2c1)c1cncs1. The van der Waals surface area contributed by atoms with E-state index in [1.54, 1.807) is 11.3 Å². The Balaban J connectivity index is 1.84. The zero-order valence-electron chi connectivity index (χ0n) is 9.47. The molecule has 1 unspecified atom stereocenters. The molecule has 0 aliphatic heterocycles. The van der Waals surface area contributed by atoms with Crippen molar-refractivity contribution >= 4 is 27.9 Å². The Morgan fingerprint density at radius 2 is 2.29 bits per heavy atom. The summed E-state index contributed by atoms with van der Waals surface area (Å²) in [6, 6.07) is 8.72. The van der Waals surface area contributed by atoms with Gasteiger partial charge in [-0.1, -0.05) is 0 Å². The van der Waals surface area contributed by atoms with Crippen LogP contribution in [0.5, 0.6) is 0 Å². The van der Waals surface area contributed by atoms with Gasteiger partial charge in [0.1, 0.15) is 0 Å². The van der Waals surface area contributed by atoms with E-state index in [1.165, 1.54) is 15.8 Å². The zero-order chi connectivity index (χ0) is 11.7. The third kappa shape index (κ3) is 2.03. The summed E-state index contributed by atoms with van der Waals surface area (Å²) >= 11 is 1.68. The van der Waals surface area contributed by atoms with Gasteiger partial charge in [-0.2, -0.15) is 0 Å². The average molecular weight is 243 g/mol. The first kappa shape index (κ1) is 10.4. The molecule has 0 bridgehead atoms. The molecule has 0 amide bonds. The van der Waals surface area contributed by atoms with Crippen LogP contribution in [0, 0.1) is 0 Å². The fourth-order valence-corrected chi connectivity index (χ4v) is 2.53. The fraction of sp³-hybridized carbons (Fsp3) is 0.154. The molecule has 4 heteroatoms. The Labute approximate surface area is 104 Å². The van der Waals surface area contributed by atoms with Gasteiger partial charge >= 0.3 is 0 Å². The van der Waals surface area contributed by atoms with Gasteiger partial charge in [-0.25, -0.2) is 0 Å². The molecule has 0 aliphatic carbocycles. The first-order valence-electron chi connectivity index (χ1n) is 5.55. The molecule has 0 radical (unpaired) electrons. The largest absolute Gasteiger partial charge is 0.378 e. The summed E-state index contributed by atoms with van der Waals surface area (Å²) in [6.45, 7) is 2.15. The van der Waals surface area contributed by atoms with Gasteiger partial charge in [-0.15, -0.1) is 11.3 Å². The van der Waals surface area contributed by atoms with E-state index in [0.29, 0.717) is 6.04 Å². The van der Waals surface area contributed by atoms with E-state index in [4.69, 9.17) is 0 Å². The molecule has 0 aliphatic rings. The number of fused-ring (bicyclic) bond motifs is 1. The molecule has 86 valence electrons. The number of hydrogen-bond acceptors (Lipinski definition) is 3. The van der Waals surface area contributed by atoms with Crippen molar-refractivity contribution in [3.63, 3.8) is 0 Å². The van der Waals surface area contributed by atoms with E-state index in [9.17, 15) is 0 Å². The van der Waals surface area contributed by atoms with Gasteiger partial charge in [0.05, 0.1) is 11.6 Å². The summed E-state index contributed by atoms with van der Waals surface area (Å²) < 4.78 is 0. The summed E-state index contributed by atoms with van der Waals surface area (Å²) in [5.74, 6) is 0. The minimum atomic E-state index is 0.291. The molecule has 2 heterocycles. The zero-order valence-corrected chi connectivity index (χ0v) is 10.3. The number of nitrogens with one attached hydrogen (secondary N) is 2. The molecule has 1 aromatic carbocycles. The van der Waals surface area contributed by atoms with Crippen molar-refractivity contribution in [1.29, 1.82) is 0 Å². The predicted octanol–water partition coefficient (Wildman–Crippen LogP) is 3.80. The second-order valence-corrected chi connectivity index (χ2v) is 4.97. The number of hydrogen-bond donors (Lipinski definition) is 2. The van der Waals surface area contributed by atoms with Gasteiger partial charge in [-0.05, 0) is 31.2 Å². The summed E-state index contributed by atoms with van der Waals surface area (Å²) in [4.78, 5) is 8.54. The lowest BCUT2D eigenvalue weighted by Gasteiger charge is -2.13. The molecule has 2 aromatic heterocycles. The minimum Gasteiger partial charge on any atom is -0.378 e. The van der Waals surface area contributed by atoms with Crippen molar-refractivity contribution in [2.75, 3.05) is 5.32 Å². The summed E-state index contributed by atoms with van der Waals surface area (Å²) in [6.07, 6.45) is 3.87. The number of benzene rings is 1. The monoisotopic (exact) mass is 243 g/mol. The lowest BCUT2D eigenvalue weighted by Crippen LogP contribution is -2.04. The second kappa shape index (κ2) is 4.22. The number of aromatic nitrogens is 2. The third-order valence-corrected chi connectivity index (χ3v) is 3.77. The highest BCUT2D eigenvalue weighted by Crippen LogP contribution is 2.24. The number of thiazole rings is 1. The van der Waals surface area contributed by atoms with Gasteiger partial charge in [0.2, 0.25) is 0 Å². The van der Waals surface area contributed by atoms with E-state index < -0.39 is 0 Å². The van der Waals surface area contributed by atoms with Crippen LogP contribution < -0.4 is 5.32 Å². The maximum Gasteiger partial charge on any atom is 0.0795 e. The van der Waals surface area contributed by atoms with Crippen LogP contribution in [0.2, 0.25) is 0 Å². The smallest absolute Gasteiger partial charge is 0.0795 e. The summed E-state index contributed by atoms with van der Waals surface area (Å²) in [5.41, 5.74) is 4.17. The van der Waals surface area contributed by atoms with E-state index in [1.807, 2.05) is 17.9 Å². The molecule has 3 rings (SSSR count). The van der Waals surface area contributed by atoms with Gasteiger partial charge in [0, 0.05) is 33.9 Å². The minimum absolute atomic E-state index is 0.291. The summed E-state index contributed by atoms with van der Waals surface area (Å²) in [7, 11) is 0. The molecule has 17 heavy (non-hydrogen) atoms. The first-order valence-corrected chi connectivity index (χ1v) is 6.43. The van der Waals surface area contributed by atoms with Gasteiger partial charge < -0.3 is 10.3 Å². The van der Waals surface area contributed by atoms with Crippen molar-refractivity contribution in [2.24, 2.45) is 0 Å². The molecule has 0 fully saturated rings. The lowest BCUT2D eigenvalue weighted by molar-refractivity contribution is 0.904. The molecule has 0 spiro atoms. The molecular formula is C13H13N3S. The highest BCUT2D eigenvalue weighted by Gasteiger charge is 2.07. The van der Waals surface area contributed by atoms with Crippen molar-refractivity contribution in [1.82, 2.24) is 9.97 Å². The maximum atomic E-state index is 4.10. The van der Waals surface area contributed by atoms with E-state index >= 15 is 0 Å². The lowest BCUT2D eigenvalue weighted by atomic mass is 10.2. The number of aromatic amines is 1. The second-order valence-electron chi connectivity index (χ2n) is 4.05. The number of nitrogens with zero attached hydrogens (tertiary/aromatic N) is 1. The molecule has 3 aromatic rings. The van der Waals surface area contributed by atoms with E-state index in [0.717, 1.165) is 5.69 Å². The number of anilines is 1. The van der Waals surface area contributed by atoms with Crippen LogP contribution in [0.15, 0.2) is 42.2 Å². The van der Waals surface area contributed by atoms with Crippen LogP contribution in [0.3, 0.4) is 0 Å². The van der Waals surface area contributed by atoms with Crippen molar-refractivity contribution in [3.8, 4) is 0 Å². The molecule has 3 nitrogen and oxygen atoms in total. The van der Waals surface area contributed by atoms with Crippen LogP contribution in [0.1, 0.15) is 17.8 Å². The molecule has 1 atom stereocenters.